The summed E-state index contributed by atoms with van der Waals surface area (Å²) < 4.78 is 0. The molecule has 0 saturated carbocycles. The predicted molar refractivity (Wildman–Crippen MR) is 85.4 cm³/mol. The highest BCUT2D eigenvalue weighted by atomic mass is 32.1. The number of hydrogen-bond donors (Lipinski definition) is 0. The van der Waals surface area contributed by atoms with Crippen molar-refractivity contribution in [1.82, 2.24) is 0 Å². The summed E-state index contributed by atoms with van der Waals surface area (Å²) in [7, 11) is 0. The minimum absolute atomic E-state index is 0.748. The molecule has 2 atom stereocenters. The molecule has 2 heterocycles. The third kappa shape index (κ3) is 2.13. The summed E-state index contributed by atoms with van der Waals surface area (Å²) in [5.74, 6) is 1.50. The van der Waals surface area contributed by atoms with Gasteiger partial charge in [-0.1, -0.05) is 24.3 Å². The fourth-order valence-corrected chi connectivity index (χ4v) is 4.97. The topological polar surface area (TPSA) is 0 Å². The fourth-order valence-electron chi connectivity index (χ4n) is 3.35. The summed E-state index contributed by atoms with van der Waals surface area (Å²) in [4.78, 5) is 2.96. The molecule has 0 aliphatic heterocycles. The molecule has 0 fully saturated rings. The van der Waals surface area contributed by atoms with Crippen LogP contribution in [-0.2, 0) is 0 Å². The van der Waals surface area contributed by atoms with Crippen molar-refractivity contribution >= 4 is 33.8 Å². The first kappa shape index (κ1) is 11.7. The molecule has 0 saturated heterocycles. The maximum absolute atomic E-state index is 2.55. The van der Waals surface area contributed by atoms with E-state index in [-0.39, 0.29) is 0 Å². The summed E-state index contributed by atoms with van der Waals surface area (Å²) in [6.07, 6.45) is 8.84. The highest BCUT2D eigenvalue weighted by Crippen LogP contribution is 2.46. The van der Waals surface area contributed by atoms with Gasteiger partial charge < -0.3 is 0 Å². The second kappa shape index (κ2) is 4.77. The normalized spacial score (nSPS) is 25.9. The Labute approximate surface area is 122 Å². The van der Waals surface area contributed by atoms with Crippen LogP contribution < -0.4 is 0 Å². The Hall–Kier alpha value is -1.12. The molecule has 0 spiro atoms. The zero-order valence-electron chi connectivity index (χ0n) is 10.7. The smallest absolute Gasteiger partial charge is 0.0302 e. The van der Waals surface area contributed by atoms with Gasteiger partial charge in [-0.2, -0.15) is 0 Å². The van der Waals surface area contributed by atoms with E-state index in [2.05, 4.69) is 47.2 Å². The third-order valence-corrected chi connectivity index (χ3v) is 6.08. The standard InChI is InChI=1S/C17H16S2/c1-3-16(18-7-1)14-6-5-13-9-12(10-14)11-15(13)17-4-2-8-19-17/h1-4,6-8,11-13H,5,9-10H2/t12-,13-/m0/s1. The number of fused-ring (bicyclic) bond motifs is 2. The van der Waals surface area contributed by atoms with E-state index in [1.54, 1.807) is 11.1 Å². The highest BCUT2D eigenvalue weighted by molar-refractivity contribution is 7.11. The van der Waals surface area contributed by atoms with Crippen LogP contribution in [0, 0.1) is 11.8 Å². The van der Waals surface area contributed by atoms with E-state index in [1.165, 1.54) is 29.0 Å². The average molecular weight is 284 g/mol. The summed E-state index contributed by atoms with van der Waals surface area (Å²) in [6.45, 7) is 0. The van der Waals surface area contributed by atoms with Gasteiger partial charge in [-0.15, -0.1) is 22.7 Å². The Bertz CT molecular complexity index is 614. The number of rotatable bonds is 2. The van der Waals surface area contributed by atoms with Gasteiger partial charge in [0.05, 0.1) is 0 Å². The van der Waals surface area contributed by atoms with Gasteiger partial charge in [0, 0.05) is 9.75 Å². The zero-order chi connectivity index (χ0) is 12.7. The largest absolute Gasteiger partial charge is 0.144 e. The van der Waals surface area contributed by atoms with Crippen LogP contribution in [0.3, 0.4) is 0 Å². The van der Waals surface area contributed by atoms with Gasteiger partial charge in [-0.05, 0) is 65.1 Å². The second-order valence-corrected chi connectivity index (χ2v) is 7.33. The lowest BCUT2D eigenvalue weighted by molar-refractivity contribution is 0.556. The molecule has 2 heteroatoms. The summed E-state index contributed by atoms with van der Waals surface area (Å²) >= 11 is 3.77. The molecule has 2 aromatic heterocycles. The van der Waals surface area contributed by atoms with Gasteiger partial charge >= 0.3 is 0 Å². The van der Waals surface area contributed by atoms with Gasteiger partial charge in [-0.3, -0.25) is 0 Å². The maximum Gasteiger partial charge on any atom is 0.0302 e. The average Bonchev–Trinajstić information content (AvgIpc) is 3.10. The molecular formula is C17H16S2. The number of allylic oxidation sites excluding steroid dienone is 4. The molecule has 2 bridgehead atoms. The molecule has 96 valence electrons. The Kier molecular flexibility index (Phi) is 2.93. The molecule has 2 aliphatic rings. The van der Waals surface area contributed by atoms with Crippen LogP contribution in [0.5, 0.6) is 0 Å². The Morgan fingerprint density at radius 3 is 2.53 bits per heavy atom. The van der Waals surface area contributed by atoms with Crippen LogP contribution in [0.25, 0.3) is 11.1 Å². The summed E-state index contributed by atoms with van der Waals surface area (Å²) in [6, 6.07) is 8.87. The first-order valence-corrected chi connectivity index (χ1v) is 8.64. The highest BCUT2D eigenvalue weighted by Gasteiger charge is 2.30. The first-order valence-electron chi connectivity index (χ1n) is 6.88. The lowest BCUT2D eigenvalue weighted by Crippen LogP contribution is -1.96. The fraction of sp³-hybridized carbons (Fsp3) is 0.294. The molecule has 0 radical (unpaired) electrons. The maximum atomic E-state index is 2.55. The quantitative estimate of drug-likeness (QED) is 0.663. The van der Waals surface area contributed by atoms with Crippen molar-refractivity contribution in [3.8, 4) is 0 Å². The SMILES string of the molecule is C1=C(c2cccs2)C[C@H]2C=C(c3cccs3)[C@@H](C1)C2. The van der Waals surface area contributed by atoms with Crippen LogP contribution in [0.15, 0.2) is 47.2 Å². The lowest BCUT2D eigenvalue weighted by Gasteiger charge is -2.11. The molecule has 2 aromatic rings. The van der Waals surface area contributed by atoms with E-state index >= 15 is 0 Å². The van der Waals surface area contributed by atoms with Crippen molar-refractivity contribution in [3.05, 3.63) is 56.9 Å². The molecule has 0 N–H and O–H groups in total. The van der Waals surface area contributed by atoms with Crippen molar-refractivity contribution in [2.24, 2.45) is 11.8 Å². The van der Waals surface area contributed by atoms with Crippen LogP contribution >= 0.6 is 22.7 Å². The van der Waals surface area contributed by atoms with Crippen LogP contribution in [-0.4, -0.2) is 0 Å². The van der Waals surface area contributed by atoms with Gasteiger partial charge in [0.25, 0.3) is 0 Å². The van der Waals surface area contributed by atoms with Crippen LogP contribution in [0.4, 0.5) is 0 Å². The van der Waals surface area contributed by atoms with E-state index in [0.29, 0.717) is 0 Å². The molecular weight excluding hydrogens is 268 g/mol. The molecule has 0 nitrogen and oxygen atoms in total. The van der Waals surface area contributed by atoms with Crippen molar-refractivity contribution in [1.29, 1.82) is 0 Å². The van der Waals surface area contributed by atoms with Crippen molar-refractivity contribution in [3.63, 3.8) is 0 Å². The Morgan fingerprint density at radius 1 is 1.00 bits per heavy atom. The van der Waals surface area contributed by atoms with Crippen molar-refractivity contribution in [2.75, 3.05) is 0 Å². The molecule has 19 heavy (non-hydrogen) atoms. The Balaban J connectivity index is 1.62. The van der Waals surface area contributed by atoms with E-state index in [1.807, 2.05) is 22.7 Å². The van der Waals surface area contributed by atoms with E-state index < -0.39 is 0 Å². The molecule has 0 aromatic carbocycles. The second-order valence-electron chi connectivity index (χ2n) is 5.44. The molecule has 4 rings (SSSR count). The molecule has 0 amide bonds. The summed E-state index contributed by atoms with van der Waals surface area (Å²) in [5.41, 5.74) is 3.19. The van der Waals surface area contributed by atoms with E-state index in [9.17, 15) is 0 Å². The van der Waals surface area contributed by atoms with E-state index in [4.69, 9.17) is 0 Å². The van der Waals surface area contributed by atoms with Crippen LogP contribution in [0.1, 0.15) is 29.0 Å². The zero-order valence-corrected chi connectivity index (χ0v) is 12.3. The van der Waals surface area contributed by atoms with Gasteiger partial charge in [0.15, 0.2) is 0 Å². The minimum Gasteiger partial charge on any atom is -0.144 e. The van der Waals surface area contributed by atoms with Gasteiger partial charge in [0.1, 0.15) is 0 Å². The first-order chi connectivity index (χ1) is 9.40. The third-order valence-electron chi connectivity index (χ3n) is 4.22. The van der Waals surface area contributed by atoms with E-state index in [0.717, 1.165) is 11.8 Å². The van der Waals surface area contributed by atoms with Crippen molar-refractivity contribution in [2.45, 2.75) is 19.3 Å². The summed E-state index contributed by atoms with van der Waals surface area (Å²) in [5, 5.41) is 4.38. The molecule has 2 aliphatic carbocycles. The predicted octanol–water partition coefficient (Wildman–Crippen LogP) is 5.71. The number of thiophene rings is 2. The number of hydrogen-bond acceptors (Lipinski definition) is 2. The van der Waals surface area contributed by atoms with Crippen molar-refractivity contribution < 1.29 is 0 Å². The minimum atomic E-state index is 0.748. The van der Waals surface area contributed by atoms with Gasteiger partial charge in [-0.25, -0.2) is 0 Å². The molecule has 0 unspecified atom stereocenters. The van der Waals surface area contributed by atoms with Gasteiger partial charge in [0.2, 0.25) is 0 Å². The Morgan fingerprint density at radius 2 is 1.79 bits per heavy atom. The monoisotopic (exact) mass is 284 g/mol. The van der Waals surface area contributed by atoms with Crippen LogP contribution in [0.2, 0.25) is 0 Å². The lowest BCUT2D eigenvalue weighted by atomic mass is 9.96.